The van der Waals surface area contributed by atoms with Crippen molar-refractivity contribution >= 4 is 22.7 Å². The third-order valence-electron chi connectivity index (χ3n) is 3.71. The van der Waals surface area contributed by atoms with Gasteiger partial charge in [-0.05, 0) is 24.3 Å². The van der Waals surface area contributed by atoms with Crippen molar-refractivity contribution in [3.8, 4) is 5.75 Å². The second-order valence-electron chi connectivity index (χ2n) is 6.52. The molecule has 0 aliphatic carbocycles. The van der Waals surface area contributed by atoms with E-state index in [1.165, 1.54) is 0 Å². The lowest BCUT2D eigenvalue weighted by Gasteiger charge is -2.12. The van der Waals surface area contributed by atoms with Gasteiger partial charge in [-0.2, -0.15) is 0 Å². The maximum atomic E-state index is 12.6. The Kier molecular flexibility index (Phi) is 3.97. The van der Waals surface area contributed by atoms with Crippen LogP contribution in [0, 0.1) is 0 Å². The molecule has 1 N–H and O–H groups in total. The Hall–Kier alpha value is -2.89. The van der Waals surface area contributed by atoms with Crippen molar-refractivity contribution in [3.63, 3.8) is 0 Å². The van der Waals surface area contributed by atoms with Gasteiger partial charge in [-0.25, -0.2) is 0 Å². The topological polar surface area (TPSA) is 77.2 Å². The number of carbonyl (C=O) groups is 1. The highest BCUT2D eigenvalue weighted by atomic mass is 16.5. The standard InChI is InChI=1S/C18H19N3O3/c1-18(2,3)15-10-16(24-21-15)20-17(22)12-7-8-19-14-6-5-11(23-4)9-13(12)14/h5-10H,1-4H3,(H,20,22). The third kappa shape index (κ3) is 3.08. The van der Waals surface area contributed by atoms with Gasteiger partial charge in [0.15, 0.2) is 0 Å². The first-order valence-electron chi connectivity index (χ1n) is 7.60. The van der Waals surface area contributed by atoms with E-state index in [0.717, 1.165) is 11.2 Å². The molecule has 2 heterocycles. The fourth-order valence-electron chi connectivity index (χ4n) is 2.32. The van der Waals surface area contributed by atoms with Crippen LogP contribution in [0.3, 0.4) is 0 Å². The number of hydrogen-bond acceptors (Lipinski definition) is 5. The maximum Gasteiger partial charge on any atom is 0.258 e. The molecule has 0 spiro atoms. The average molecular weight is 325 g/mol. The number of ether oxygens (including phenoxy) is 1. The van der Waals surface area contributed by atoms with Crippen LogP contribution in [-0.4, -0.2) is 23.2 Å². The van der Waals surface area contributed by atoms with Crippen molar-refractivity contribution in [3.05, 3.63) is 47.8 Å². The predicted molar refractivity (Wildman–Crippen MR) is 91.5 cm³/mol. The lowest BCUT2D eigenvalue weighted by Crippen LogP contribution is -2.13. The summed E-state index contributed by atoms with van der Waals surface area (Å²) in [6.45, 7) is 6.08. The van der Waals surface area contributed by atoms with E-state index in [4.69, 9.17) is 9.26 Å². The van der Waals surface area contributed by atoms with Crippen LogP contribution in [0.2, 0.25) is 0 Å². The molecule has 3 rings (SSSR count). The van der Waals surface area contributed by atoms with Crippen LogP contribution < -0.4 is 10.1 Å². The number of anilines is 1. The van der Waals surface area contributed by atoms with Crippen molar-refractivity contribution in [2.24, 2.45) is 0 Å². The van der Waals surface area contributed by atoms with Crippen molar-refractivity contribution < 1.29 is 14.1 Å². The summed E-state index contributed by atoms with van der Waals surface area (Å²) < 4.78 is 10.4. The Morgan fingerprint density at radius 1 is 1.21 bits per heavy atom. The van der Waals surface area contributed by atoms with E-state index < -0.39 is 0 Å². The van der Waals surface area contributed by atoms with Crippen LogP contribution in [0.15, 0.2) is 41.1 Å². The van der Waals surface area contributed by atoms with E-state index in [-0.39, 0.29) is 11.3 Å². The summed E-state index contributed by atoms with van der Waals surface area (Å²) in [6, 6.07) is 8.82. The molecule has 0 bridgehead atoms. The number of carbonyl (C=O) groups excluding carboxylic acids is 1. The monoisotopic (exact) mass is 325 g/mol. The highest BCUT2D eigenvalue weighted by Gasteiger charge is 2.20. The maximum absolute atomic E-state index is 12.6. The molecule has 0 unspecified atom stereocenters. The molecule has 6 heteroatoms. The first-order chi connectivity index (χ1) is 11.4. The van der Waals surface area contributed by atoms with Gasteiger partial charge in [-0.3, -0.25) is 15.1 Å². The van der Waals surface area contributed by atoms with Gasteiger partial charge in [-0.15, -0.1) is 0 Å². The second-order valence-corrected chi connectivity index (χ2v) is 6.52. The average Bonchev–Trinajstić information content (AvgIpc) is 3.02. The summed E-state index contributed by atoms with van der Waals surface area (Å²) in [5, 5.41) is 7.46. The number of aromatic nitrogens is 2. The highest BCUT2D eigenvalue weighted by Crippen LogP contribution is 2.26. The van der Waals surface area contributed by atoms with Crippen molar-refractivity contribution in [1.82, 2.24) is 10.1 Å². The molecular weight excluding hydrogens is 306 g/mol. The first-order valence-corrected chi connectivity index (χ1v) is 7.60. The van der Waals surface area contributed by atoms with Crippen LogP contribution in [-0.2, 0) is 5.41 Å². The van der Waals surface area contributed by atoms with E-state index in [0.29, 0.717) is 22.6 Å². The Bertz CT molecular complexity index is 894. The molecule has 0 saturated heterocycles. The van der Waals surface area contributed by atoms with Gasteiger partial charge in [0.25, 0.3) is 5.91 Å². The highest BCUT2D eigenvalue weighted by molar-refractivity contribution is 6.12. The lowest BCUT2D eigenvalue weighted by molar-refractivity contribution is 0.102. The fourth-order valence-corrected chi connectivity index (χ4v) is 2.32. The zero-order chi connectivity index (χ0) is 17.3. The summed E-state index contributed by atoms with van der Waals surface area (Å²) >= 11 is 0. The molecule has 0 radical (unpaired) electrons. The van der Waals surface area contributed by atoms with Crippen LogP contribution >= 0.6 is 0 Å². The summed E-state index contributed by atoms with van der Waals surface area (Å²) in [5.74, 6) is 0.698. The van der Waals surface area contributed by atoms with E-state index in [2.05, 4.69) is 15.5 Å². The van der Waals surface area contributed by atoms with E-state index in [1.807, 2.05) is 32.9 Å². The van der Waals surface area contributed by atoms with E-state index >= 15 is 0 Å². The number of methoxy groups -OCH3 is 1. The van der Waals surface area contributed by atoms with Crippen molar-refractivity contribution in [2.45, 2.75) is 26.2 Å². The molecule has 0 fully saturated rings. The molecular formula is C18H19N3O3. The SMILES string of the molecule is COc1ccc2nccc(C(=O)Nc3cc(C(C)(C)C)no3)c2c1. The number of amides is 1. The molecule has 2 aromatic heterocycles. The van der Waals surface area contributed by atoms with Crippen molar-refractivity contribution in [1.29, 1.82) is 0 Å². The number of benzene rings is 1. The van der Waals surface area contributed by atoms with Crippen LogP contribution in [0.4, 0.5) is 5.88 Å². The minimum Gasteiger partial charge on any atom is -0.497 e. The summed E-state index contributed by atoms with van der Waals surface area (Å²) in [5.41, 5.74) is 1.84. The minimum atomic E-state index is -0.285. The summed E-state index contributed by atoms with van der Waals surface area (Å²) in [4.78, 5) is 16.9. The van der Waals surface area contributed by atoms with Gasteiger partial charge in [0.1, 0.15) is 5.75 Å². The van der Waals surface area contributed by atoms with Gasteiger partial charge < -0.3 is 9.26 Å². The van der Waals surface area contributed by atoms with Crippen LogP contribution in [0.25, 0.3) is 10.9 Å². The van der Waals surface area contributed by atoms with Gasteiger partial charge in [0.2, 0.25) is 5.88 Å². The van der Waals surface area contributed by atoms with E-state index in [1.54, 1.807) is 31.5 Å². The zero-order valence-electron chi connectivity index (χ0n) is 14.1. The fraction of sp³-hybridized carbons (Fsp3) is 0.278. The number of pyridine rings is 1. The predicted octanol–water partition coefficient (Wildman–Crippen LogP) is 3.78. The summed E-state index contributed by atoms with van der Waals surface area (Å²) in [6.07, 6.45) is 1.60. The van der Waals surface area contributed by atoms with Gasteiger partial charge >= 0.3 is 0 Å². The molecule has 1 amide bonds. The summed E-state index contributed by atoms with van der Waals surface area (Å²) in [7, 11) is 1.58. The van der Waals surface area contributed by atoms with Crippen LogP contribution in [0.5, 0.6) is 5.75 Å². The second kappa shape index (κ2) is 5.96. The Morgan fingerprint density at radius 2 is 2.00 bits per heavy atom. The largest absolute Gasteiger partial charge is 0.497 e. The third-order valence-corrected chi connectivity index (χ3v) is 3.71. The molecule has 1 aromatic carbocycles. The van der Waals surface area contributed by atoms with Crippen LogP contribution in [0.1, 0.15) is 36.8 Å². The molecule has 0 saturated carbocycles. The molecule has 3 aromatic rings. The van der Waals surface area contributed by atoms with Crippen molar-refractivity contribution in [2.75, 3.05) is 12.4 Å². The van der Waals surface area contributed by atoms with Gasteiger partial charge in [0, 0.05) is 23.1 Å². The molecule has 0 aliphatic rings. The lowest BCUT2D eigenvalue weighted by atomic mass is 9.92. The first kappa shape index (κ1) is 16.0. The number of nitrogens with one attached hydrogen (secondary N) is 1. The molecule has 6 nitrogen and oxygen atoms in total. The Labute approximate surface area is 139 Å². The Morgan fingerprint density at radius 3 is 2.67 bits per heavy atom. The smallest absolute Gasteiger partial charge is 0.258 e. The number of hydrogen-bond donors (Lipinski definition) is 1. The zero-order valence-corrected chi connectivity index (χ0v) is 14.1. The van der Waals surface area contributed by atoms with Gasteiger partial charge in [-0.1, -0.05) is 25.9 Å². The minimum absolute atomic E-state index is 0.150. The number of nitrogens with zero attached hydrogens (tertiary/aromatic N) is 2. The Balaban J connectivity index is 1.92. The molecule has 0 atom stereocenters. The molecule has 124 valence electrons. The molecule has 24 heavy (non-hydrogen) atoms. The number of fused-ring (bicyclic) bond motifs is 1. The quantitative estimate of drug-likeness (QED) is 0.793. The number of rotatable bonds is 3. The normalized spacial score (nSPS) is 11.5. The van der Waals surface area contributed by atoms with E-state index in [9.17, 15) is 4.79 Å². The van der Waals surface area contributed by atoms with Gasteiger partial charge in [0.05, 0.1) is 23.9 Å². The molecule has 0 aliphatic heterocycles.